The molecule has 0 unspecified atom stereocenters. The van der Waals surface area contributed by atoms with Crippen molar-refractivity contribution in [1.82, 2.24) is 15.5 Å². The maximum absolute atomic E-state index is 14.9. The number of morpholine rings is 1. The number of hydrogen-bond acceptors (Lipinski definition) is 7. The molecule has 3 aromatic carbocycles. The summed E-state index contributed by atoms with van der Waals surface area (Å²) in [6.45, 7) is 3.54. The third-order valence-corrected chi connectivity index (χ3v) is 7.68. The number of para-hydroxylation sites is 1. The van der Waals surface area contributed by atoms with E-state index >= 15 is 0 Å². The Morgan fingerprint density at radius 2 is 1.70 bits per heavy atom. The molecular weight excluding hydrogens is 567 g/mol. The minimum atomic E-state index is -0.528. The number of nitrogens with zero attached hydrogens (tertiary/aromatic N) is 2. The molecule has 10 nitrogen and oxygen atoms in total. The fourth-order valence-electron chi connectivity index (χ4n) is 5.32. The molecular formula is C33H37FN4O6. The van der Waals surface area contributed by atoms with Crippen LogP contribution in [0.3, 0.4) is 0 Å². The zero-order valence-corrected chi connectivity index (χ0v) is 24.8. The van der Waals surface area contributed by atoms with E-state index < -0.39 is 5.82 Å². The number of halogens is 1. The Bertz CT molecular complexity index is 1490. The Kier molecular flexibility index (Phi) is 10.3. The molecule has 44 heavy (non-hydrogen) atoms. The van der Waals surface area contributed by atoms with Crippen LogP contribution in [0.4, 0.5) is 10.1 Å². The van der Waals surface area contributed by atoms with Crippen molar-refractivity contribution >= 4 is 23.4 Å². The molecule has 0 atom stereocenters. The number of amides is 3. The maximum atomic E-state index is 14.9. The van der Waals surface area contributed by atoms with Crippen molar-refractivity contribution in [2.75, 3.05) is 57.9 Å². The fraction of sp³-hybridized carbons (Fsp3) is 0.364. The first kappa shape index (κ1) is 30.8. The van der Waals surface area contributed by atoms with E-state index in [2.05, 4.69) is 15.5 Å². The minimum Gasteiger partial charge on any atom is -0.493 e. The maximum Gasteiger partial charge on any atom is 0.255 e. The highest BCUT2D eigenvalue weighted by Gasteiger charge is 2.23. The van der Waals surface area contributed by atoms with Gasteiger partial charge in [-0.2, -0.15) is 0 Å². The lowest BCUT2D eigenvalue weighted by molar-refractivity contribution is -0.121. The van der Waals surface area contributed by atoms with Gasteiger partial charge in [-0.1, -0.05) is 18.2 Å². The number of benzene rings is 3. The number of fused-ring (bicyclic) bond motifs is 13. The van der Waals surface area contributed by atoms with Crippen LogP contribution >= 0.6 is 0 Å². The molecule has 3 aromatic rings. The average molecular weight is 605 g/mol. The first-order chi connectivity index (χ1) is 21.4. The Hall–Kier alpha value is -4.64. The third kappa shape index (κ3) is 7.46. The van der Waals surface area contributed by atoms with Crippen molar-refractivity contribution < 1.29 is 33.0 Å². The Balaban J connectivity index is 1.38. The van der Waals surface area contributed by atoms with E-state index in [0.29, 0.717) is 81.4 Å². The van der Waals surface area contributed by atoms with Gasteiger partial charge in [-0.05, 0) is 55.3 Å². The highest BCUT2D eigenvalue weighted by atomic mass is 19.1. The SMILES string of the molecule is COc1cc2ccc1Oc1cccc(F)c1CNC(=O)CCCN(C(=O)c1ccccc1N1CCOCC1)CCCNC2=O. The quantitative estimate of drug-likeness (QED) is 0.463. The van der Waals surface area contributed by atoms with Crippen LogP contribution in [0.25, 0.3) is 0 Å². The van der Waals surface area contributed by atoms with Crippen molar-refractivity contribution in [1.29, 1.82) is 0 Å². The summed E-state index contributed by atoms with van der Waals surface area (Å²) in [4.78, 5) is 43.6. The number of hydrogen-bond donors (Lipinski definition) is 2. The van der Waals surface area contributed by atoms with E-state index in [4.69, 9.17) is 14.2 Å². The monoisotopic (exact) mass is 604 g/mol. The molecule has 0 aromatic heterocycles. The molecule has 0 radical (unpaired) electrons. The number of nitrogens with one attached hydrogen (secondary N) is 2. The van der Waals surface area contributed by atoms with E-state index in [1.807, 2.05) is 24.3 Å². The van der Waals surface area contributed by atoms with Gasteiger partial charge in [0, 0.05) is 62.5 Å². The largest absolute Gasteiger partial charge is 0.493 e. The fourth-order valence-corrected chi connectivity index (χ4v) is 5.32. The van der Waals surface area contributed by atoms with Gasteiger partial charge >= 0.3 is 0 Å². The summed E-state index contributed by atoms with van der Waals surface area (Å²) >= 11 is 0. The number of anilines is 1. The molecule has 232 valence electrons. The molecule has 3 heterocycles. The number of carbonyl (C=O) groups is 3. The molecule has 1 fully saturated rings. The highest BCUT2D eigenvalue weighted by molar-refractivity contribution is 6.00. The van der Waals surface area contributed by atoms with Gasteiger partial charge in [-0.15, -0.1) is 0 Å². The van der Waals surface area contributed by atoms with Crippen LogP contribution in [0.1, 0.15) is 45.5 Å². The lowest BCUT2D eigenvalue weighted by Gasteiger charge is -2.31. The number of ether oxygens (including phenoxy) is 3. The standard InChI is InChI=1S/C33H37FN4O6/c1-42-30-21-23-12-13-29(30)44-28-10-4-8-26(34)25(28)22-36-31(39)11-5-15-38(16-6-14-35-32(23)40)33(41)24-7-2-3-9-27(24)37-17-19-43-20-18-37/h2-4,7-10,12-13,21H,5-6,11,14-20,22H2,1H3,(H,35,40)(H,36,39). The molecule has 6 rings (SSSR count). The van der Waals surface area contributed by atoms with Gasteiger partial charge in [0.05, 0.1) is 25.9 Å². The second-order valence-corrected chi connectivity index (χ2v) is 10.6. The molecule has 11 heteroatoms. The second kappa shape index (κ2) is 14.7. The van der Waals surface area contributed by atoms with Gasteiger partial charge in [-0.25, -0.2) is 4.39 Å². The predicted molar refractivity (Wildman–Crippen MR) is 163 cm³/mol. The lowest BCUT2D eigenvalue weighted by Crippen LogP contribution is -2.39. The summed E-state index contributed by atoms with van der Waals surface area (Å²) in [6, 6.07) is 16.7. The van der Waals surface area contributed by atoms with Crippen LogP contribution in [0.5, 0.6) is 17.2 Å². The molecule has 2 bridgehead atoms. The lowest BCUT2D eigenvalue weighted by atomic mass is 10.1. The van der Waals surface area contributed by atoms with E-state index in [0.717, 1.165) is 5.69 Å². The molecule has 3 amide bonds. The summed E-state index contributed by atoms with van der Waals surface area (Å²) in [5, 5.41) is 5.69. The summed E-state index contributed by atoms with van der Waals surface area (Å²) in [5.74, 6) is -0.430. The third-order valence-electron chi connectivity index (χ3n) is 7.68. The Morgan fingerprint density at radius 3 is 2.52 bits per heavy atom. The first-order valence-electron chi connectivity index (χ1n) is 14.8. The van der Waals surface area contributed by atoms with Gasteiger partial charge in [0.1, 0.15) is 11.6 Å². The van der Waals surface area contributed by atoms with Crippen LogP contribution < -0.4 is 25.0 Å². The van der Waals surface area contributed by atoms with Gasteiger partial charge in [-0.3, -0.25) is 14.4 Å². The molecule has 2 N–H and O–H groups in total. The van der Waals surface area contributed by atoms with Gasteiger partial charge in [0.15, 0.2) is 11.5 Å². The molecule has 3 aliphatic heterocycles. The zero-order chi connectivity index (χ0) is 30.9. The molecule has 1 saturated heterocycles. The number of rotatable bonds is 3. The van der Waals surface area contributed by atoms with Crippen LogP contribution in [0.15, 0.2) is 60.7 Å². The summed E-state index contributed by atoms with van der Waals surface area (Å²) in [6.07, 6.45) is 1.06. The molecule has 0 saturated carbocycles. The van der Waals surface area contributed by atoms with Crippen molar-refractivity contribution in [3.05, 3.63) is 83.2 Å². The van der Waals surface area contributed by atoms with E-state index in [-0.39, 0.29) is 42.0 Å². The van der Waals surface area contributed by atoms with Gasteiger partial charge < -0.3 is 34.6 Å². The first-order valence-corrected chi connectivity index (χ1v) is 14.8. The van der Waals surface area contributed by atoms with Crippen LogP contribution in [0, 0.1) is 5.82 Å². The van der Waals surface area contributed by atoms with Crippen molar-refractivity contribution in [2.24, 2.45) is 0 Å². The topological polar surface area (TPSA) is 109 Å². The van der Waals surface area contributed by atoms with Crippen LogP contribution in [-0.2, 0) is 16.1 Å². The minimum absolute atomic E-state index is 0.0841. The van der Waals surface area contributed by atoms with E-state index in [9.17, 15) is 18.8 Å². The summed E-state index contributed by atoms with van der Waals surface area (Å²) in [7, 11) is 1.45. The summed E-state index contributed by atoms with van der Waals surface area (Å²) in [5.41, 5.74) is 1.98. The zero-order valence-electron chi connectivity index (χ0n) is 24.8. The van der Waals surface area contributed by atoms with E-state index in [1.54, 1.807) is 29.2 Å². The molecule has 0 spiro atoms. The molecule has 0 aliphatic carbocycles. The normalized spacial score (nSPS) is 16.9. The number of methoxy groups -OCH3 is 1. The van der Waals surface area contributed by atoms with Gasteiger partial charge in [0.25, 0.3) is 11.8 Å². The Morgan fingerprint density at radius 1 is 0.909 bits per heavy atom. The van der Waals surface area contributed by atoms with Crippen LogP contribution in [-0.4, -0.2) is 75.7 Å². The summed E-state index contributed by atoms with van der Waals surface area (Å²) < 4.78 is 31.8. The smallest absolute Gasteiger partial charge is 0.255 e. The van der Waals surface area contributed by atoms with Crippen LogP contribution in [0.2, 0.25) is 0 Å². The highest BCUT2D eigenvalue weighted by Crippen LogP contribution is 2.35. The van der Waals surface area contributed by atoms with E-state index in [1.165, 1.54) is 19.2 Å². The van der Waals surface area contributed by atoms with Crippen molar-refractivity contribution in [3.63, 3.8) is 0 Å². The number of carbonyl (C=O) groups excluding carboxylic acids is 3. The predicted octanol–water partition coefficient (Wildman–Crippen LogP) is 4.14. The van der Waals surface area contributed by atoms with Crippen molar-refractivity contribution in [3.8, 4) is 17.2 Å². The van der Waals surface area contributed by atoms with Gasteiger partial charge in [0.2, 0.25) is 5.91 Å². The average Bonchev–Trinajstić information content (AvgIpc) is 3.05. The Labute approximate surface area is 256 Å². The second-order valence-electron chi connectivity index (χ2n) is 10.6. The molecule has 3 aliphatic rings. The van der Waals surface area contributed by atoms with Crippen molar-refractivity contribution in [2.45, 2.75) is 25.8 Å².